The number of nitrogens with zero attached hydrogens (tertiary/aromatic N) is 1. The second kappa shape index (κ2) is 9.22. The smallest absolute Gasteiger partial charge is 0.383 e. The van der Waals surface area contributed by atoms with E-state index in [4.69, 9.17) is 4.74 Å². The maximum absolute atomic E-state index is 12.0. The molecule has 124 valence electrons. The Hall–Kier alpha value is -0.860. The molecule has 1 heterocycles. The summed E-state index contributed by atoms with van der Waals surface area (Å²) >= 11 is 0. The van der Waals surface area contributed by atoms with Crippen molar-refractivity contribution in [3.63, 3.8) is 0 Å². The van der Waals surface area contributed by atoms with Gasteiger partial charge in [-0.2, -0.15) is 13.2 Å². The van der Waals surface area contributed by atoms with Crippen molar-refractivity contribution in [3.8, 4) is 0 Å². The molecule has 0 aromatic carbocycles. The number of carbonyl (C=O) groups excluding carboxylic acids is 1. The van der Waals surface area contributed by atoms with Crippen LogP contribution in [0.4, 0.5) is 13.2 Å². The summed E-state index contributed by atoms with van der Waals surface area (Å²) in [6, 6.07) is 0. The number of rotatable bonds is 8. The first kappa shape index (κ1) is 18.2. The molecule has 0 radical (unpaired) electrons. The lowest BCUT2D eigenvalue weighted by atomic mass is 9.97. The van der Waals surface area contributed by atoms with Gasteiger partial charge >= 0.3 is 6.18 Å². The molecule has 0 bridgehead atoms. The first-order valence-electron chi connectivity index (χ1n) is 7.16. The average molecular weight is 311 g/mol. The second-order valence-corrected chi connectivity index (χ2v) is 5.31. The maximum Gasteiger partial charge on any atom is 0.405 e. The summed E-state index contributed by atoms with van der Waals surface area (Å²) in [6.07, 6.45) is -2.45. The van der Waals surface area contributed by atoms with E-state index in [-0.39, 0.29) is 6.54 Å². The molecule has 2 N–H and O–H groups in total. The minimum Gasteiger partial charge on any atom is -0.383 e. The Balaban J connectivity index is 2.11. The topological polar surface area (TPSA) is 53.6 Å². The van der Waals surface area contributed by atoms with Crippen LogP contribution in [0.5, 0.6) is 0 Å². The summed E-state index contributed by atoms with van der Waals surface area (Å²) in [5.74, 6) is -0.0136. The highest BCUT2D eigenvalue weighted by Gasteiger charge is 2.28. The van der Waals surface area contributed by atoms with Crippen molar-refractivity contribution >= 4 is 5.91 Å². The van der Waals surface area contributed by atoms with Gasteiger partial charge in [-0.15, -0.1) is 0 Å². The fourth-order valence-corrected chi connectivity index (χ4v) is 2.29. The standard InChI is InChI=1S/C13H24F3N3O2/c1-21-7-4-17-8-11-2-5-19(6-3-11)9-12(20)18-10-13(14,15)16/h11,17H,2-10H2,1H3,(H,18,20). The van der Waals surface area contributed by atoms with E-state index in [0.717, 1.165) is 39.0 Å². The summed E-state index contributed by atoms with van der Waals surface area (Å²) in [6.45, 7) is 2.68. The molecule has 21 heavy (non-hydrogen) atoms. The number of likely N-dealkylation sites (tertiary alicyclic amines) is 1. The summed E-state index contributed by atoms with van der Waals surface area (Å²) in [7, 11) is 1.66. The largest absolute Gasteiger partial charge is 0.405 e. The van der Waals surface area contributed by atoms with Crippen LogP contribution in [0.15, 0.2) is 0 Å². The van der Waals surface area contributed by atoms with E-state index in [1.165, 1.54) is 0 Å². The summed E-state index contributed by atoms with van der Waals surface area (Å²) < 4.78 is 40.9. The quantitative estimate of drug-likeness (QED) is 0.645. The molecule has 1 rings (SSSR count). The highest BCUT2D eigenvalue weighted by atomic mass is 19.4. The summed E-state index contributed by atoms with van der Waals surface area (Å²) in [5.41, 5.74) is 0. The molecule has 0 unspecified atom stereocenters. The summed E-state index contributed by atoms with van der Waals surface area (Å²) in [4.78, 5) is 13.3. The molecule has 1 amide bonds. The normalized spacial score (nSPS) is 17.9. The van der Waals surface area contributed by atoms with Crippen molar-refractivity contribution in [2.75, 3.05) is 53.0 Å². The van der Waals surface area contributed by atoms with Crippen molar-refractivity contribution in [2.45, 2.75) is 19.0 Å². The van der Waals surface area contributed by atoms with Gasteiger partial charge in [0.15, 0.2) is 0 Å². The number of ether oxygens (including phenoxy) is 1. The predicted molar refractivity (Wildman–Crippen MR) is 73.0 cm³/mol. The molecule has 1 aliphatic rings. The molecule has 5 nitrogen and oxygen atoms in total. The molecule has 1 fully saturated rings. The highest BCUT2D eigenvalue weighted by molar-refractivity contribution is 5.78. The number of hydrogen-bond acceptors (Lipinski definition) is 4. The molecule has 0 saturated carbocycles. The lowest BCUT2D eigenvalue weighted by Gasteiger charge is -2.31. The van der Waals surface area contributed by atoms with Gasteiger partial charge in [-0.25, -0.2) is 0 Å². The fraction of sp³-hybridized carbons (Fsp3) is 0.923. The molecule has 0 aromatic heterocycles. The van der Waals surface area contributed by atoms with E-state index in [9.17, 15) is 18.0 Å². The van der Waals surface area contributed by atoms with Crippen molar-refractivity contribution < 1.29 is 22.7 Å². The van der Waals surface area contributed by atoms with Gasteiger partial charge in [0.2, 0.25) is 5.91 Å². The van der Waals surface area contributed by atoms with Gasteiger partial charge in [-0.1, -0.05) is 0 Å². The third-order valence-electron chi connectivity index (χ3n) is 3.48. The van der Waals surface area contributed by atoms with E-state index in [1.54, 1.807) is 7.11 Å². The monoisotopic (exact) mass is 311 g/mol. The van der Waals surface area contributed by atoms with E-state index in [1.807, 2.05) is 10.2 Å². The van der Waals surface area contributed by atoms with E-state index in [0.29, 0.717) is 12.5 Å². The van der Waals surface area contributed by atoms with Gasteiger partial charge in [0.25, 0.3) is 0 Å². The van der Waals surface area contributed by atoms with Crippen LogP contribution in [0.25, 0.3) is 0 Å². The van der Waals surface area contributed by atoms with Gasteiger partial charge in [-0.05, 0) is 38.4 Å². The number of carbonyl (C=O) groups is 1. The van der Waals surface area contributed by atoms with Crippen molar-refractivity contribution in [1.29, 1.82) is 0 Å². The molecular formula is C13H24F3N3O2. The van der Waals surface area contributed by atoms with Crippen LogP contribution < -0.4 is 10.6 Å². The lowest BCUT2D eigenvalue weighted by Crippen LogP contribution is -2.44. The van der Waals surface area contributed by atoms with Gasteiger partial charge in [-0.3, -0.25) is 9.69 Å². The van der Waals surface area contributed by atoms with Crippen molar-refractivity contribution in [2.24, 2.45) is 5.92 Å². The SMILES string of the molecule is COCCNCC1CCN(CC(=O)NCC(F)(F)F)CC1. The van der Waals surface area contributed by atoms with Crippen molar-refractivity contribution in [3.05, 3.63) is 0 Å². The Bertz CT molecular complexity index is 306. The zero-order chi connectivity index (χ0) is 15.7. The van der Waals surface area contributed by atoms with E-state index >= 15 is 0 Å². The third kappa shape index (κ3) is 8.90. The molecule has 0 spiro atoms. The van der Waals surface area contributed by atoms with Crippen LogP contribution in [0.1, 0.15) is 12.8 Å². The minimum absolute atomic E-state index is 0.0416. The first-order valence-corrected chi connectivity index (χ1v) is 7.16. The predicted octanol–water partition coefficient (Wildman–Crippen LogP) is 0.613. The number of methoxy groups -OCH3 is 1. The fourth-order valence-electron chi connectivity index (χ4n) is 2.29. The van der Waals surface area contributed by atoms with Crippen LogP contribution in [-0.2, 0) is 9.53 Å². The van der Waals surface area contributed by atoms with Crippen LogP contribution in [0.2, 0.25) is 0 Å². The van der Waals surface area contributed by atoms with Gasteiger partial charge < -0.3 is 15.4 Å². The average Bonchev–Trinajstić information content (AvgIpc) is 2.42. The van der Waals surface area contributed by atoms with Crippen LogP contribution in [-0.4, -0.2) is 70.0 Å². The molecule has 1 aliphatic heterocycles. The maximum atomic E-state index is 12.0. The summed E-state index contributed by atoms with van der Waals surface area (Å²) in [5, 5.41) is 5.20. The zero-order valence-corrected chi connectivity index (χ0v) is 12.3. The molecule has 0 atom stereocenters. The molecular weight excluding hydrogens is 287 g/mol. The Labute approximate surface area is 123 Å². The Morgan fingerprint density at radius 3 is 2.57 bits per heavy atom. The number of hydrogen-bond donors (Lipinski definition) is 2. The van der Waals surface area contributed by atoms with Gasteiger partial charge in [0.05, 0.1) is 13.2 Å². The number of piperidine rings is 1. The lowest BCUT2D eigenvalue weighted by molar-refractivity contribution is -0.139. The minimum atomic E-state index is -4.35. The van der Waals surface area contributed by atoms with Crippen LogP contribution in [0.3, 0.4) is 0 Å². The number of nitrogens with one attached hydrogen (secondary N) is 2. The zero-order valence-electron chi connectivity index (χ0n) is 12.3. The second-order valence-electron chi connectivity index (χ2n) is 5.31. The Morgan fingerprint density at radius 1 is 1.33 bits per heavy atom. The molecule has 0 aliphatic carbocycles. The molecule has 1 saturated heterocycles. The first-order chi connectivity index (χ1) is 9.90. The number of alkyl halides is 3. The van der Waals surface area contributed by atoms with Crippen LogP contribution in [0, 0.1) is 5.92 Å². The third-order valence-corrected chi connectivity index (χ3v) is 3.48. The van der Waals surface area contributed by atoms with Crippen molar-refractivity contribution in [1.82, 2.24) is 15.5 Å². The Morgan fingerprint density at radius 2 is 2.00 bits per heavy atom. The molecule has 8 heteroatoms. The molecule has 0 aromatic rings. The van der Waals surface area contributed by atoms with E-state index < -0.39 is 18.6 Å². The van der Waals surface area contributed by atoms with E-state index in [2.05, 4.69) is 5.32 Å². The van der Waals surface area contributed by atoms with Gasteiger partial charge in [0, 0.05) is 13.7 Å². The number of amides is 1. The Kier molecular flexibility index (Phi) is 7.98. The van der Waals surface area contributed by atoms with Gasteiger partial charge in [0.1, 0.15) is 6.54 Å². The van der Waals surface area contributed by atoms with Crippen LogP contribution >= 0.6 is 0 Å². The highest BCUT2D eigenvalue weighted by Crippen LogP contribution is 2.16. The number of halogens is 3.